The zero-order valence-electron chi connectivity index (χ0n) is 13.0. The summed E-state index contributed by atoms with van der Waals surface area (Å²) >= 11 is 0. The molecular formula is C17H30N2. The fourth-order valence-corrected chi connectivity index (χ4v) is 2.72. The summed E-state index contributed by atoms with van der Waals surface area (Å²) in [4.78, 5) is 2.55. The van der Waals surface area contributed by atoms with Crippen LogP contribution >= 0.6 is 0 Å². The van der Waals surface area contributed by atoms with Gasteiger partial charge in [0.1, 0.15) is 0 Å². The van der Waals surface area contributed by atoms with Crippen LogP contribution in [-0.4, -0.2) is 24.0 Å². The second kappa shape index (κ2) is 8.34. The Bertz CT molecular complexity index is 360. The number of hydrogen-bond acceptors (Lipinski definition) is 2. The minimum absolute atomic E-state index is 0.345. The van der Waals surface area contributed by atoms with Crippen molar-refractivity contribution in [3.8, 4) is 0 Å². The van der Waals surface area contributed by atoms with Gasteiger partial charge in [-0.05, 0) is 44.9 Å². The molecule has 0 heterocycles. The summed E-state index contributed by atoms with van der Waals surface area (Å²) in [7, 11) is 0. The number of nitrogens with zero attached hydrogens (tertiary/aromatic N) is 1. The standard InChI is InChI=1S/C17H30N2/c1-5-6-9-12-19(14(2)3)17(13-18)16-11-8-7-10-15(16)4/h7-8,10-11,14,17H,5-6,9,12-13,18H2,1-4H3. The lowest BCUT2D eigenvalue weighted by atomic mass is 9.98. The molecule has 0 saturated heterocycles. The van der Waals surface area contributed by atoms with E-state index in [2.05, 4.69) is 56.9 Å². The van der Waals surface area contributed by atoms with Gasteiger partial charge in [0, 0.05) is 18.6 Å². The van der Waals surface area contributed by atoms with Crippen LogP contribution < -0.4 is 5.73 Å². The van der Waals surface area contributed by atoms with Crippen LogP contribution in [0.3, 0.4) is 0 Å². The maximum absolute atomic E-state index is 6.07. The van der Waals surface area contributed by atoms with Gasteiger partial charge in [-0.1, -0.05) is 44.0 Å². The van der Waals surface area contributed by atoms with E-state index < -0.39 is 0 Å². The zero-order valence-corrected chi connectivity index (χ0v) is 13.0. The molecule has 1 unspecified atom stereocenters. The summed E-state index contributed by atoms with van der Waals surface area (Å²) in [5.41, 5.74) is 8.81. The van der Waals surface area contributed by atoms with E-state index in [-0.39, 0.29) is 0 Å². The van der Waals surface area contributed by atoms with E-state index in [0.29, 0.717) is 18.6 Å². The molecule has 0 spiro atoms. The molecule has 1 aromatic rings. The van der Waals surface area contributed by atoms with Gasteiger partial charge in [0.05, 0.1) is 0 Å². The summed E-state index contributed by atoms with van der Waals surface area (Å²) in [6, 6.07) is 9.51. The summed E-state index contributed by atoms with van der Waals surface area (Å²) < 4.78 is 0. The predicted molar refractivity (Wildman–Crippen MR) is 84.3 cm³/mol. The number of hydrogen-bond donors (Lipinski definition) is 1. The summed E-state index contributed by atoms with van der Waals surface area (Å²) in [5, 5.41) is 0. The Morgan fingerprint density at radius 1 is 1.16 bits per heavy atom. The lowest BCUT2D eigenvalue weighted by Crippen LogP contribution is -2.39. The highest BCUT2D eigenvalue weighted by molar-refractivity contribution is 5.29. The average molecular weight is 262 g/mol. The molecule has 108 valence electrons. The van der Waals surface area contributed by atoms with Crippen molar-refractivity contribution in [2.45, 2.75) is 59.0 Å². The van der Waals surface area contributed by atoms with Gasteiger partial charge in [0.2, 0.25) is 0 Å². The van der Waals surface area contributed by atoms with Gasteiger partial charge < -0.3 is 5.73 Å². The number of rotatable bonds is 8. The lowest BCUT2D eigenvalue weighted by Gasteiger charge is -2.35. The van der Waals surface area contributed by atoms with Crippen LogP contribution in [0.4, 0.5) is 0 Å². The number of nitrogens with two attached hydrogens (primary N) is 1. The summed E-state index contributed by atoms with van der Waals surface area (Å²) in [5.74, 6) is 0. The first kappa shape index (κ1) is 16.2. The summed E-state index contributed by atoms with van der Waals surface area (Å²) in [6.45, 7) is 10.8. The van der Waals surface area contributed by atoms with Crippen LogP contribution in [0.15, 0.2) is 24.3 Å². The van der Waals surface area contributed by atoms with Crippen LogP contribution in [0.25, 0.3) is 0 Å². The van der Waals surface area contributed by atoms with Crippen LogP contribution in [0.1, 0.15) is 57.2 Å². The molecule has 1 rings (SSSR count). The van der Waals surface area contributed by atoms with Gasteiger partial charge in [-0.2, -0.15) is 0 Å². The quantitative estimate of drug-likeness (QED) is 0.720. The Kier molecular flexibility index (Phi) is 7.11. The SMILES string of the molecule is CCCCCN(C(C)C)C(CN)c1ccccc1C. The Hall–Kier alpha value is -0.860. The molecule has 0 bridgehead atoms. The second-order valence-corrected chi connectivity index (χ2v) is 5.65. The number of benzene rings is 1. The fraction of sp³-hybridized carbons (Fsp3) is 0.647. The molecule has 2 heteroatoms. The van der Waals surface area contributed by atoms with E-state index in [1.807, 2.05) is 0 Å². The van der Waals surface area contributed by atoms with Gasteiger partial charge in [-0.15, -0.1) is 0 Å². The predicted octanol–water partition coefficient (Wildman–Crippen LogP) is 3.90. The van der Waals surface area contributed by atoms with Crippen molar-refractivity contribution >= 4 is 0 Å². The molecule has 2 N–H and O–H groups in total. The molecule has 0 aliphatic heterocycles. The van der Waals surface area contributed by atoms with Crippen molar-refractivity contribution in [1.82, 2.24) is 4.90 Å². The van der Waals surface area contributed by atoms with Gasteiger partial charge in [-0.25, -0.2) is 0 Å². The molecule has 1 atom stereocenters. The van der Waals surface area contributed by atoms with Crippen LogP contribution in [0, 0.1) is 6.92 Å². The number of aryl methyl sites for hydroxylation is 1. The van der Waals surface area contributed by atoms with E-state index in [9.17, 15) is 0 Å². The highest BCUT2D eigenvalue weighted by atomic mass is 15.2. The molecule has 0 aromatic heterocycles. The smallest absolute Gasteiger partial charge is 0.0475 e. The molecule has 0 fully saturated rings. The van der Waals surface area contributed by atoms with Crippen LogP contribution in [-0.2, 0) is 0 Å². The summed E-state index contributed by atoms with van der Waals surface area (Å²) in [6.07, 6.45) is 3.83. The molecule has 0 radical (unpaired) electrons. The van der Waals surface area contributed by atoms with Crippen molar-refractivity contribution in [3.05, 3.63) is 35.4 Å². The monoisotopic (exact) mass is 262 g/mol. The maximum Gasteiger partial charge on any atom is 0.0475 e. The van der Waals surface area contributed by atoms with Crippen molar-refractivity contribution in [2.75, 3.05) is 13.1 Å². The third-order valence-electron chi connectivity index (χ3n) is 3.85. The van der Waals surface area contributed by atoms with Gasteiger partial charge in [-0.3, -0.25) is 4.90 Å². The van der Waals surface area contributed by atoms with Gasteiger partial charge in [0.25, 0.3) is 0 Å². The van der Waals surface area contributed by atoms with Crippen molar-refractivity contribution < 1.29 is 0 Å². The highest BCUT2D eigenvalue weighted by Crippen LogP contribution is 2.25. The van der Waals surface area contributed by atoms with Crippen LogP contribution in [0.2, 0.25) is 0 Å². The molecule has 19 heavy (non-hydrogen) atoms. The largest absolute Gasteiger partial charge is 0.329 e. The Morgan fingerprint density at radius 2 is 1.84 bits per heavy atom. The lowest BCUT2D eigenvalue weighted by molar-refractivity contribution is 0.153. The van der Waals surface area contributed by atoms with E-state index >= 15 is 0 Å². The van der Waals surface area contributed by atoms with Gasteiger partial charge in [0.15, 0.2) is 0 Å². The van der Waals surface area contributed by atoms with E-state index in [1.54, 1.807) is 0 Å². The maximum atomic E-state index is 6.07. The highest BCUT2D eigenvalue weighted by Gasteiger charge is 2.22. The molecule has 0 amide bonds. The average Bonchev–Trinajstić information content (AvgIpc) is 2.39. The third kappa shape index (κ3) is 4.63. The minimum atomic E-state index is 0.345. The molecule has 0 saturated carbocycles. The van der Waals surface area contributed by atoms with Crippen molar-refractivity contribution in [3.63, 3.8) is 0 Å². The first-order valence-electron chi connectivity index (χ1n) is 7.63. The van der Waals surface area contributed by atoms with E-state index in [0.717, 1.165) is 6.54 Å². The molecule has 2 nitrogen and oxygen atoms in total. The van der Waals surface area contributed by atoms with Crippen LogP contribution in [0.5, 0.6) is 0 Å². The molecular weight excluding hydrogens is 232 g/mol. The topological polar surface area (TPSA) is 29.3 Å². The van der Waals surface area contributed by atoms with E-state index in [4.69, 9.17) is 5.73 Å². The normalized spacial score (nSPS) is 13.2. The Morgan fingerprint density at radius 3 is 2.37 bits per heavy atom. The first-order chi connectivity index (χ1) is 9.11. The molecule has 0 aliphatic rings. The second-order valence-electron chi connectivity index (χ2n) is 5.65. The molecule has 1 aromatic carbocycles. The number of unbranched alkanes of at least 4 members (excludes halogenated alkanes) is 2. The fourth-order valence-electron chi connectivity index (χ4n) is 2.72. The third-order valence-corrected chi connectivity index (χ3v) is 3.85. The molecule has 0 aliphatic carbocycles. The minimum Gasteiger partial charge on any atom is -0.329 e. The Balaban J connectivity index is 2.87. The zero-order chi connectivity index (χ0) is 14.3. The van der Waals surface area contributed by atoms with Crippen molar-refractivity contribution in [2.24, 2.45) is 5.73 Å². The Labute approximate surface area is 119 Å². The van der Waals surface area contributed by atoms with Gasteiger partial charge >= 0.3 is 0 Å². The van der Waals surface area contributed by atoms with Crippen molar-refractivity contribution in [1.29, 1.82) is 0 Å². The van der Waals surface area contributed by atoms with E-state index in [1.165, 1.54) is 30.4 Å². The first-order valence-corrected chi connectivity index (χ1v) is 7.63.